The summed E-state index contributed by atoms with van der Waals surface area (Å²) >= 11 is 15.1. The first kappa shape index (κ1) is 35.7. The van der Waals surface area contributed by atoms with Crippen molar-refractivity contribution in [3.63, 3.8) is 0 Å². The summed E-state index contributed by atoms with van der Waals surface area (Å²) < 4.78 is 9.17. The van der Waals surface area contributed by atoms with Gasteiger partial charge in [-0.3, -0.25) is 4.79 Å². The molecule has 2 atom stereocenters. The van der Waals surface area contributed by atoms with Gasteiger partial charge in [0.15, 0.2) is 0 Å². The highest BCUT2D eigenvalue weighted by atomic mass is 127. The van der Waals surface area contributed by atoms with Crippen LogP contribution in [-0.4, -0.2) is 45.0 Å². The maximum absolute atomic E-state index is 14.3. The number of unbranched alkanes of at least 4 members (excludes halogenated alkanes) is 10. The van der Waals surface area contributed by atoms with Crippen LogP contribution in [0.4, 0.5) is 0 Å². The molecule has 2 aromatic carbocycles. The zero-order valence-corrected chi connectivity index (χ0v) is 31.1. The van der Waals surface area contributed by atoms with Crippen LogP contribution in [0, 0.1) is 15.0 Å². The van der Waals surface area contributed by atoms with Crippen molar-refractivity contribution in [2.24, 2.45) is 0 Å². The van der Waals surface area contributed by atoms with Gasteiger partial charge in [-0.25, -0.2) is 4.68 Å². The lowest BCUT2D eigenvalue weighted by molar-refractivity contribution is -0.126. The lowest BCUT2D eigenvalue weighted by Crippen LogP contribution is -2.45. The number of benzene rings is 2. The normalized spacial score (nSPS) is 19.0. The van der Waals surface area contributed by atoms with E-state index in [-0.39, 0.29) is 11.9 Å². The predicted molar refractivity (Wildman–Crippen MR) is 196 cm³/mol. The second-order valence-corrected chi connectivity index (χ2v) is 14.8. The van der Waals surface area contributed by atoms with Crippen molar-refractivity contribution in [1.82, 2.24) is 19.9 Å². The number of carbonyl (C=O) groups excluding carboxylic acids is 1. The van der Waals surface area contributed by atoms with E-state index in [9.17, 15) is 10.1 Å². The standard InChI is InChI=1S/C37H44Cl2IN5O2/c1-3-4-5-6-7-8-9-10-11-12-13-14-32-35(40)45(43-42-32)31-23-37(22-26-15-17-27(24-41)18-16-26)34(47-2)33(36(46)44(37)25-31)28-19-29(38)21-30(39)20-28/h15-21,31H,3-14,22-23,25H2,1-2H3/t31-,37?/m0/s1. The van der Waals surface area contributed by atoms with Crippen LogP contribution >= 0.6 is 45.8 Å². The van der Waals surface area contributed by atoms with E-state index in [0.717, 1.165) is 27.8 Å². The van der Waals surface area contributed by atoms with Crippen molar-refractivity contribution in [2.45, 2.75) is 108 Å². The Morgan fingerprint density at radius 2 is 1.60 bits per heavy atom. The van der Waals surface area contributed by atoms with Crippen molar-refractivity contribution in [3.05, 3.63) is 84.4 Å². The zero-order chi connectivity index (χ0) is 33.4. The Kier molecular flexibility index (Phi) is 12.7. The van der Waals surface area contributed by atoms with Crippen LogP contribution in [0.5, 0.6) is 0 Å². The molecule has 1 fully saturated rings. The number of carbonyl (C=O) groups is 1. The molecule has 1 aromatic heterocycles. The Labute approximate surface area is 302 Å². The maximum Gasteiger partial charge on any atom is 0.258 e. The topological polar surface area (TPSA) is 84.0 Å². The van der Waals surface area contributed by atoms with Crippen LogP contribution in [0.1, 0.15) is 112 Å². The van der Waals surface area contributed by atoms with E-state index in [2.05, 4.69) is 45.9 Å². The molecule has 2 aliphatic rings. The van der Waals surface area contributed by atoms with E-state index >= 15 is 0 Å². The van der Waals surface area contributed by atoms with Crippen molar-refractivity contribution in [1.29, 1.82) is 5.26 Å². The number of hydrogen-bond donors (Lipinski definition) is 0. The number of nitriles is 1. The van der Waals surface area contributed by atoms with Crippen molar-refractivity contribution < 1.29 is 9.53 Å². The van der Waals surface area contributed by atoms with E-state index in [1.807, 2.05) is 33.8 Å². The van der Waals surface area contributed by atoms with Gasteiger partial charge in [-0.05, 0) is 76.9 Å². The molecule has 1 unspecified atom stereocenters. The Bertz CT molecular complexity index is 1600. The maximum atomic E-state index is 14.3. The first-order valence-corrected chi connectivity index (χ1v) is 18.8. The van der Waals surface area contributed by atoms with Crippen LogP contribution in [0.25, 0.3) is 5.57 Å². The summed E-state index contributed by atoms with van der Waals surface area (Å²) in [6.45, 7) is 2.74. The summed E-state index contributed by atoms with van der Waals surface area (Å²) in [6, 6.07) is 14.8. The monoisotopic (exact) mass is 787 g/mol. The fourth-order valence-corrected chi connectivity index (χ4v) is 8.65. The highest BCUT2D eigenvalue weighted by Gasteiger charge is 2.59. The Hall–Kier alpha value is -2.61. The highest BCUT2D eigenvalue weighted by molar-refractivity contribution is 14.1. The van der Waals surface area contributed by atoms with E-state index in [1.54, 1.807) is 25.3 Å². The number of halogens is 3. The minimum Gasteiger partial charge on any atom is -0.498 e. The number of aromatic nitrogens is 3. The van der Waals surface area contributed by atoms with Crippen molar-refractivity contribution in [3.8, 4) is 6.07 Å². The van der Waals surface area contributed by atoms with Gasteiger partial charge < -0.3 is 9.64 Å². The molecule has 5 rings (SSSR count). The van der Waals surface area contributed by atoms with Gasteiger partial charge in [0.2, 0.25) is 0 Å². The second-order valence-electron chi connectivity index (χ2n) is 12.9. The molecule has 1 amide bonds. The molecular formula is C37H44Cl2IN5O2. The molecule has 3 heterocycles. The number of hydrogen-bond acceptors (Lipinski definition) is 5. The Morgan fingerprint density at radius 3 is 2.19 bits per heavy atom. The second kappa shape index (κ2) is 16.7. The summed E-state index contributed by atoms with van der Waals surface area (Å²) in [5.74, 6) is 0.483. The summed E-state index contributed by atoms with van der Waals surface area (Å²) in [7, 11) is 1.62. The van der Waals surface area contributed by atoms with Crippen LogP contribution in [-0.2, 0) is 22.4 Å². The lowest BCUT2D eigenvalue weighted by Gasteiger charge is -2.34. The van der Waals surface area contributed by atoms with Gasteiger partial charge in [-0.15, -0.1) is 5.10 Å². The number of methoxy groups -OCH3 is 1. The summed E-state index contributed by atoms with van der Waals surface area (Å²) in [5.41, 5.74) is 2.99. The molecule has 0 bridgehead atoms. The zero-order valence-electron chi connectivity index (χ0n) is 27.4. The minimum absolute atomic E-state index is 0.0718. The molecular weight excluding hydrogens is 744 g/mol. The van der Waals surface area contributed by atoms with Gasteiger partial charge >= 0.3 is 0 Å². The average Bonchev–Trinajstić information content (AvgIpc) is 3.68. The molecule has 250 valence electrons. The first-order chi connectivity index (χ1) is 22.8. The van der Waals surface area contributed by atoms with Crippen molar-refractivity contribution in [2.75, 3.05) is 13.7 Å². The molecule has 1 saturated heterocycles. The largest absolute Gasteiger partial charge is 0.498 e. The van der Waals surface area contributed by atoms with Gasteiger partial charge in [0.1, 0.15) is 15.0 Å². The number of amides is 1. The number of ether oxygens (including phenoxy) is 1. The molecule has 3 aromatic rings. The van der Waals surface area contributed by atoms with Crippen LogP contribution in [0.3, 0.4) is 0 Å². The molecule has 0 saturated carbocycles. The van der Waals surface area contributed by atoms with Gasteiger partial charge in [-0.1, -0.05) is 112 Å². The quantitative estimate of drug-likeness (QED) is 0.101. The smallest absolute Gasteiger partial charge is 0.258 e. The minimum atomic E-state index is -0.750. The molecule has 0 N–H and O–H groups in total. The van der Waals surface area contributed by atoms with Gasteiger partial charge in [0, 0.05) is 29.4 Å². The van der Waals surface area contributed by atoms with Crippen molar-refractivity contribution >= 4 is 57.3 Å². The summed E-state index contributed by atoms with van der Waals surface area (Å²) in [5, 5.41) is 19.5. The molecule has 2 aliphatic heterocycles. The molecule has 0 aliphatic carbocycles. The highest BCUT2D eigenvalue weighted by Crippen LogP contribution is 2.52. The first-order valence-electron chi connectivity index (χ1n) is 17.0. The molecule has 10 heteroatoms. The van der Waals surface area contributed by atoms with Gasteiger partial charge in [0.25, 0.3) is 5.91 Å². The Balaban J connectivity index is 1.31. The summed E-state index contributed by atoms with van der Waals surface area (Å²) in [6.07, 6.45) is 16.4. The lowest BCUT2D eigenvalue weighted by atomic mass is 9.85. The number of nitrogens with zero attached hydrogens (tertiary/aromatic N) is 5. The van der Waals surface area contributed by atoms with E-state index in [1.165, 1.54) is 64.2 Å². The fraction of sp³-hybridized carbons (Fsp3) is 0.514. The third-order valence-corrected chi connectivity index (χ3v) is 11.1. The number of fused-ring (bicyclic) bond motifs is 1. The average molecular weight is 789 g/mol. The Morgan fingerprint density at radius 1 is 0.979 bits per heavy atom. The SMILES string of the molecule is CCCCCCCCCCCCCc1nnn([C@@H]2CN3C(=O)C(c4cc(Cl)cc(Cl)c4)=C(OC)C3(Cc3ccc(C#N)cc3)C2)c1I. The van der Waals surface area contributed by atoms with E-state index < -0.39 is 5.54 Å². The molecule has 7 nitrogen and oxygen atoms in total. The van der Waals surface area contributed by atoms with Crippen LogP contribution in [0.15, 0.2) is 48.2 Å². The van der Waals surface area contributed by atoms with E-state index in [4.69, 9.17) is 27.9 Å². The third-order valence-electron chi connectivity index (χ3n) is 9.59. The number of aryl methyl sites for hydroxylation is 1. The number of rotatable bonds is 17. The molecule has 47 heavy (non-hydrogen) atoms. The predicted octanol–water partition coefficient (Wildman–Crippen LogP) is 9.74. The van der Waals surface area contributed by atoms with Crippen LogP contribution in [0.2, 0.25) is 10.0 Å². The van der Waals surface area contributed by atoms with E-state index in [0.29, 0.717) is 51.9 Å². The molecule has 0 spiro atoms. The molecule has 0 radical (unpaired) electrons. The summed E-state index contributed by atoms with van der Waals surface area (Å²) in [4.78, 5) is 16.2. The van der Waals surface area contributed by atoms with Gasteiger partial charge in [-0.2, -0.15) is 5.26 Å². The fourth-order valence-electron chi connectivity index (χ4n) is 7.26. The third kappa shape index (κ3) is 8.17. The van der Waals surface area contributed by atoms with Crippen LogP contribution < -0.4 is 0 Å². The van der Waals surface area contributed by atoms with Gasteiger partial charge in [0.05, 0.1) is 36.1 Å².